The van der Waals surface area contributed by atoms with Gasteiger partial charge in [-0.2, -0.15) is 0 Å². The molecular formula is C12H14N2OS. The van der Waals surface area contributed by atoms with Crippen LogP contribution < -0.4 is 0 Å². The Morgan fingerprint density at radius 1 is 1.19 bits per heavy atom. The number of hydrogen-bond donors (Lipinski definition) is 0. The van der Waals surface area contributed by atoms with Crippen molar-refractivity contribution in [3.05, 3.63) is 18.7 Å². The van der Waals surface area contributed by atoms with Crippen LogP contribution in [0.5, 0.6) is 0 Å². The van der Waals surface area contributed by atoms with Crippen molar-refractivity contribution in [1.82, 2.24) is 9.97 Å². The zero-order valence-electron chi connectivity index (χ0n) is 9.06. The Morgan fingerprint density at radius 3 is 2.94 bits per heavy atom. The molecule has 2 heterocycles. The normalized spacial score (nSPS) is 18.0. The zero-order chi connectivity index (χ0) is 10.8. The van der Waals surface area contributed by atoms with Crippen LogP contribution in [0.4, 0.5) is 0 Å². The van der Waals surface area contributed by atoms with Crippen molar-refractivity contribution in [2.45, 2.75) is 42.4 Å². The van der Waals surface area contributed by atoms with Crippen LogP contribution >= 0.6 is 11.8 Å². The molecule has 1 saturated carbocycles. The Kier molecular flexibility index (Phi) is 2.82. The van der Waals surface area contributed by atoms with Gasteiger partial charge >= 0.3 is 0 Å². The lowest BCUT2D eigenvalue weighted by Gasteiger charge is -2.20. The van der Waals surface area contributed by atoms with Crippen molar-refractivity contribution < 1.29 is 4.42 Å². The van der Waals surface area contributed by atoms with Crippen molar-refractivity contribution in [2.75, 3.05) is 0 Å². The van der Waals surface area contributed by atoms with Crippen LogP contribution in [0.3, 0.4) is 0 Å². The fraction of sp³-hybridized carbons (Fsp3) is 0.500. The van der Waals surface area contributed by atoms with Gasteiger partial charge < -0.3 is 4.42 Å². The third kappa shape index (κ3) is 1.94. The molecule has 2 aromatic rings. The summed E-state index contributed by atoms with van der Waals surface area (Å²) in [6, 6.07) is 1.89. The lowest BCUT2D eigenvalue weighted by Crippen LogP contribution is -2.08. The Bertz CT molecular complexity index is 477. The third-order valence-electron chi connectivity index (χ3n) is 3.04. The van der Waals surface area contributed by atoms with Crippen LogP contribution in [0.2, 0.25) is 0 Å². The SMILES string of the molecule is c1nc(SC2CCCCC2)c2occc2n1. The van der Waals surface area contributed by atoms with Crippen molar-refractivity contribution in [3.8, 4) is 0 Å². The largest absolute Gasteiger partial charge is 0.460 e. The molecule has 0 radical (unpaired) electrons. The van der Waals surface area contributed by atoms with Gasteiger partial charge in [0.1, 0.15) is 16.9 Å². The quantitative estimate of drug-likeness (QED) is 0.743. The first-order valence-corrected chi connectivity index (χ1v) is 6.66. The second-order valence-electron chi connectivity index (χ2n) is 4.19. The van der Waals surface area contributed by atoms with Crippen LogP contribution in [0.25, 0.3) is 11.1 Å². The molecular weight excluding hydrogens is 220 g/mol. The predicted octanol–water partition coefficient (Wildman–Crippen LogP) is 3.65. The van der Waals surface area contributed by atoms with Gasteiger partial charge in [-0.3, -0.25) is 0 Å². The highest BCUT2D eigenvalue weighted by Crippen LogP contribution is 2.35. The standard InChI is InChI=1S/C12H14N2OS/c1-2-4-9(5-3-1)16-12-11-10(6-7-15-11)13-8-14-12/h6-9H,1-5H2. The molecule has 0 aromatic carbocycles. The van der Waals surface area contributed by atoms with E-state index >= 15 is 0 Å². The number of thioether (sulfide) groups is 1. The number of fused-ring (bicyclic) bond motifs is 1. The summed E-state index contributed by atoms with van der Waals surface area (Å²) in [5.74, 6) is 0. The van der Waals surface area contributed by atoms with E-state index in [1.807, 2.05) is 17.8 Å². The maximum absolute atomic E-state index is 5.44. The topological polar surface area (TPSA) is 38.9 Å². The second kappa shape index (κ2) is 4.45. The van der Waals surface area contributed by atoms with Crippen LogP contribution in [0, 0.1) is 0 Å². The maximum atomic E-state index is 5.44. The third-order valence-corrected chi connectivity index (χ3v) is 4.36. The summed E-state index contributed by atoms with van der Waals surface area (Å²) in [7, 11) is 0. The average Bonchev–Trinajstić information content (AvgIpc) is 2.80. The van der Waals surface area contributed by atoms with E-state index in [-0.39, 0.29) is 0 Å². The van der Waals surface area contributed by atoms with Crippen molar-refractivity contribution in [1.29, 1.82) is 0 Å². The Morgan fingerprint density at radius 2 is 2.06 bits per heavy atom. The van der Waals surface area contributed by atoms with Crippen LogP contribution in [-0.2, 0) is 0 Å². The van der Waals surface area contributed by atoms with Gasteiger partial charge in [0.05, 0.1) is 6.26 Å². The van der Waals surface area contributed by atoms with E-state index < -0.39 is 0 Å². The fourth-order valence-corrected chi connectivity index (χ4v) is 3.44. The molecule has 0 bridgehead atoms. The van der Waals surface area contributed by atoms with Gasteiger partial charge in [0.25, 0.3) is 0 Å². The van der Waals surface area contributed by atoms with Gasteiger partial charge in [0.2, 0.25) is 0 Å². The summed E-state index contributed by atoms with van der Waals surface area (Å²) in [6.45, 7) is 0. The number of hydrogen-bond acceptors (Lipinski definition) is 4. The molecule has 0 saturated heterocycles. The first-order valence-electron chi connectivity index (χ1n) is 5.78. The maximum Gasteiger partial charge on any atom is 0.184 e. The van der Waals surface area contributed by atoms with Crippen molar-refractivity contribution in [3.63, 3.8) is 0 Å². The summed E-state index contributed by atoms with van der Waals surface area (Å²) in [6.07, 6.45) is 10.0. The van der Waals surface area contributed by atoms with Crippen LogP contribution in [0.15, 0.2) is 28.1 Å². The molecule has 3 rings (SSSR count). The van der Waals surface area contributed by atoms with Gasteiger partial charge in [-0.25, -0.2) is 9.97 Å². The minimum atomic E-state index is 0.706. The molecule has 0 amide bonds. The van der Waals surface area contributed by atoms with Gasteiger partial charge in [0.15, 0.2) is 5.58 Å². The smallest absolute Gasteiger partial charge is 0.184 e. The molecule has 4 heteroatoms. The minimum absolute atomic E-state index is 0.706. The molecule has 16 heavy (non-hydrogen) atoms. The van der Waals surface area contributed by atoms with E-state index in [2.05, 4.69) is 9.97 Å². The Hall–Kier alpha value is -1.03. The lowest BCUT2D eigenvalue weighted by atomic mass is 10.0. The molecule has 1 fully saturated rings. The van der Waals surface area contributed by atoms with Crippen molar-refractivity contribution >= 4 is 22.9 Å². The van der Waals surface area contributed by atoms with Crippen LogP contribution in [-0.4, -0.2) is 15.2 Å². The lowest BCUT2D eigenvalue weighted by molar-refractivity contribution is 0.515. The Balaban J connectivity index is 1.85. The summed E-state index contributed by atoms with van der Waals surface area (Å²) in [5.41, 5.74) is 1.76. The first kappa shape index (κ1) is 10.1. The molecule has 0 atom stereocenters. The highest BCUT2D eigenvalue weighted by molar-refractivity contribution is 8.00. The van der Waals surface area contributed by atoms with E-state index in [4.69, 9.17) is 4.42 Å². The second-order valence-corrected chi connectivity index (χ2v) is 5.48. The molecule has 0 spiro atoms. The number of nitrogens with zero attached hydrogens (tertiary/aromatic N) is 2. The minimum Gasteiger partial charge on any atom is -0.460 e. The van der Waals surface area contributed by atoms with E-state index in [1.54, 1.807) is 12.6 Å². The fourth-order valence-electron chi connectivity index (χ4n) is 2.19. The Labute approximate surface area is 98.7 Å². The predicted molar refractivity (Wildman–Crippen MR) is 64.5 cm³/mol. The molecule has 1 aliphatic carbocycles. The molecule has 0 N–H and O–H groups in total. The van der Waals surface area contributed by atoms with E-state index in [1.165, 1.54) is 32.1 Å². The van der Waals surface area contributed by atoms with E-state index in [0.717, 1.165) is 16.1 Å². The highest BCUT2D eigenvalue weighted by atomic mass is 32.2. The summed E-state index contributed by atoms with van der Waals surface area (Å²) >= 11 is 1.85. The molecule has 3 nitrogen and oxygen atoms in total. The van der Waals surface area contributed by atoms with E-state index in [0.29, 0.717) is 5.25 Å². The van der Waals surface area contributed by atoms with Gasteiger partial charge in [-0.05, 0) is 12.8 Å². The first-order chi connectivity index (χ1) is 7.93. The van der Waals surface area contributed by atoms with Gasteiger partial charge in [-0.1, -0.05) is 31.0 Å². The zero-order valence-corrected chi connectivity index (χ0v) is 9.87. The number of aromatic nitrogens is 2. The summed E-state index contributed by atoms with van der Waals surface area (Å²) in [4.78, 5) is 8.51. The number of rotatable bonds is 2. The van der Waals surface area contributed by atoms with Crippen LogP contribution in [0.1, 0.15) is 32.1 Å². The average molecular weight is 234 g/mol. The summed E-state index contributed by atoms with van der Waals surface area (Å²) in [5, 5.41) is 1.71. The molecule has 84 valence electrons. The van der Waals surface area contributed by atoms with E-state index in [9.17, 15) is 0 Å². The molecule has 2 aromatic heterocycles. The van der Waals surface area contributed by atoms with Gasteiger partial charge in [0, 0.05) is 11.3 Å². The van der Waals surface area contributed by atoms with Crippen molar-refractivity contribution in [2.24, 2.45) is 0 Å². The molecule has 0 unspecified atom stereocenters. The summed E-state index contributed by atoms with van der Waals surface area (Å²) < 4.78 is 5.44. The van der Waals surface area contributed by atoms with Gasteiger partial charge in [-0.15, -0.1) is 0 Å². The highest BCUT2D eigenvalue weighted by Gasteiger charge is 2.17. The number of furan rings is 1. The molecule has 0 aliphatic heterocycles. The monoisotopic (exact) mass is 234 g/mol. The molecule has 1 aliphatic rings.